The topological polar surface area (TPSA) is 19.7 Å². The van der Waals surface area contributed by atoms with E-state index >= 15 is 0 Å². The Hall–Kier alpha value is -13.8. The SMILES string of the molecule is c1ccc2cc(-n3c4ccccc4c4cc(-c5ccc6c(c5)c5ccccc5n6-c5ccc6c(ccc7c8ccccc8ccc67)c5)ccc43)ccc2c1.c1ccc2cc(-n3c4ccccc4c4cc(-c5ccc6c(c5)c5ccccc5n6-c5ccc6c(ccc7ccccc76)c5)ccc43)ccc2c1. The van der Waals surface area contributed by atoms with Crippen LogP contribution in [0.1, 0.15) is 0 Å². The summed E-state index contributed by atoms with van der Waals surface area (Å²) in [5.41, 5.74) is 19.3. The monoisotopic (exact) mass is 1320 g/mol. The minimum Gasteiger partial charge on any atom is -0.309 e. The van der Waals surface area contributed by atoms with Crippen LogP contribution in [-0.4, -0.2) is 18.3 Å². The van der Waals surface area contributed by atoms with Crippen molar-refractivity contribution in [3.8, 4) is 45.0 Å². The molecule has 4 heteroatoms. The lowest BCUT2D eigenvalue weighted by Gasteiger charge is -2.12. The van der Waals surface area contributed by atoms with Crippen LogP contribution >= 0.6 is 0 Å². The largest absolute Gasteiger partial charge is 0.309 e. The normalized spacial score (nSPS) is 12.0. The molecule has 0 saturated carbocycles. The summed E-state index contributed by atoms with van der Waals surface area (Å²) in [5, 5.41) is 27.9. The van der Waals surface area contributed by atoms with Crippen LogP contribution in [0.3, 0.4) is 0 Å². The highest BCUT2D eigenvalue weighted by atomic mass is 15.0. The number of hydrogen-bond donors (Lipinski definition) is 0. The highest BCUT2D eigenvalue weighted by Crippen LogP contribution is 2.43. The molecule has 23 rings (SSSR count). The molecule has 0 unspecified atom stereocenters. The molecule has 0 atom stereocenters. The highest BCUT2D eigenvalue weighted by Gasteiger charge is 2.21. The Morgan fingerprint density at radius 1 is 0.115 bits per heavy atom. The second kappa shape index (κ2) is 22.9. The number of nitrogens with zero attached hydrogens (tertiary/aromatic N) is 4. The summed E-state index contributed by atoms with van der Waals surface area (Å²) < 4.78 is 9.67. The van der Waals surface area contributed by atoms with E-state index in [2.05, 4.69) is 394 Å². The molecule has 19 aromatic carbocycles. The summed E-state index contributed by atoms with van der Waals surface area (Å²) >= 11 is 0. The third-order valence-electron chi connectivity index (χ3n) is 22.3. The summed E-state index contributed by atoms with van der Waals surface area (Å²) in [7, 11) is 0. The molecule has 0 bridgehead atoms. The Bertz CT molecular complexity index is 7560. The van der Waals surface area contributed by atoms with Gasteiger partial charge >= 0.3 is 0 Å². The number of fused-ring (bicyclic) bond motifs is 22. The van der Waals surface area contributed by atoms with E-state index in [-0.39, 0.29) is 0 Å². The van der Waals surface area contributed by atoms with Gasteiger partial charge in [0.05, 0.1) is 44.1 Å². The van der Waals surface area contributed by atoms with Crippen molar-refractivity contribution >= 4 is 163 Å². The van der Waals surface area contributed by atoms with Crippen molar-refractivity contribution in [1.82, 2.24) is 18.3 Å². The summed E-state index contributed by atoms with van der Waals surface area (Å²) in [4.78, 5) is 0. The molecule has 104 heavy (non-hydrogen) atoms. The molecule has 0 aliphatic rings. The first-order chi connectivity index (χ1) is 51.5. The van der Waals surface area contributed by atoms with E-state index in [4.69, 9.17) is 0 Å². The van der Waals surface area contributed by atoms with Crippen LogP contribution in [-0.2, 0) is 0 Å². The molecule has 0 N–H and O–H groups in total. The number of aromatic nitrogens is 4. The molecular formula is C100H62N4. The van der Waals surface area contributed by atoms with Gasteiger partial charge in [0.15, 0.2) is 0 Å². The van der Waals surface area contributed by atoms with Crippen molar-refractivity contribution < 1.29 is 0 Å². The lowest BCUT2D eigenvalue weighted by Crippen LogP contribution is -1.94. The number of para-hydroxylation sites is 4. The fourth-order valence-corrected chi connectivity index (χ4v) is 17.4. The molecule has 0 aliphatic carbocycles. The van der Waals surface area contributed by atoms with Crippen LogP contribution in [0.25, 0.3) is 208 Å². The van der Waals surface area contributed by atoms with Crippen molar-refractivity contribution in [1.29, 1.82) is 0 Å². The van der Waals surface area contributed by atoms with Gasteiger partial charge in [0, 0.05) is 65.8 Å². The zero-order valence-corrected chi connectivity index (χ0v) is 56.6. The maximum atomic E-state index is 2.43. The molecule has 0 fully saturated rings. The van der Waals surface area contributed by atoms with E-state index < -0.39 is 0 Å². The predicted octanol–water partition coefficient (Wildman–Crippen LogP) is 27.2. The molecule has 4 aromatic heterocycles. The molecular weight excluding hydrogens is 1260 g/mol. The number of rotatable bonds is 6. The molecule has 0 aliphatic heterocycles. The van der Waals surface area contributed by atoms with Crippen molar-refractivity contribution in [2.24, 2.45) is 0 Å². The van der Waals surface area contributed by atoms with Gasteiger partial charge < -0.3 is 18.3 Å². The average molecular weight is 1320 g/mol. The van der Waals surface area contributed by atoms with Gasteiger partial charge in [0.25, 0.3) is 0 Å². The molecule has 4 nitrogen and oxygen atoms in total. The zero-order valence-electron chi connectivity index (χ0n) is 56.6. The smallest absolute Gasteiger partial charge is 0.0541 e. The standard InChI is InChI=1S/C52H32N2.C48H30N2/c1-2-11-35-29-39(22-17-33(35)9-1)53-49-15-7-5-13-45(49)47-31-36(20-27-51(47)53)37-21-28-52-48(32-37)46-14-6-8-16-50(46)54(52)40-23-26-42-38(30-40)19-25-43-41-12-4-3-10-34(41)18-24-44(42)43;1-2-11-33-27-37(22-19-31(33)9-1)49-45-15-7-5-13-41(45)43-29-34(20-25-47(43)49)35-21-26-48-44(30-35)42-14-6-8-16-46(42)50(48)38-23-24-40-36(28-38)18-17-32-10-3-4-12-39(32)40/h1-32H;1-30H. The summed E-state index contributed by atoms with van der Waals surface area (Å²) in [5.74, 6) is 0. The van der Waals surface area contributed by atoms with E-state index in [1.807, 2.05) is 0 Å². The minimum absolute atomic E-state index is 1.17. The van der Waals surface area contributed by atoms with E-state index in [1.54, 1.807) is 0 Å². The molecule has 0 amide bonds. The zero-order chi connectivity index (χ0) is 68.1. The third-order valence-corrected chi connectivity index (χ3v) is 22.3. The molecule has 23 aromatic rings. The van der Waals surface area contributed by atoms with Crippen molar-refractivity contribution in [3.05, 3.63) is 376 Å². The summed E-state index contributed by atoms with van der Waals surface area (Å²) in [6.07, 6.45) is 0. The van der Waals surface area contributed by atoms with Gasteiger partial charge in [-0.25, -0.2) is 0 Å². The van der Waals surface area contributed by atoms with Gasteiger partial charge in [-0.15, -0.1) is 0 Å². The first-order valence-corrected chi connectivity index (χ1v) is 35.9. The van der Waals surface area contributed by atoms with Crippen LogP contribution in [0.15, 0.2) is 376 Å². The quantitative estimate of drug-likeness (QED) is 0.148. The lowest BCUT2D eigenvalue weighted by atomic mass is 9.97. The summed E-state index contributed by atoms with van der Waals surface area (Å²) in [6, 6.07) is 139. The molecule has 482 valence electrons. The number of benzene rings is 19. The Balaban J connectivity index is 0.000000131. The van der Waals surface area contributed by atoms with Crippen LogP contribution in [0.5, 0.6) is 0 Å². The van der Waals surface area contributed by atoms with Gasteiger partial charge in [-0.2, -0.15) is 0 Å². The van der Waals surface area contributed by atoms with Crippen molar-refractivity contribution in [3.63, 3.8) is 0 Å². The van der Waals surface area contributed by atoms with Gasteiger partial charge in [0.2, 0.25) is 0 Å². The van der Waals surface area contributed by atoms with Crippen LogP contribution < -0.4 is 0 Å². The summed E-state index contributed by atoms with van der Waals surface area (Å²) in [6.45, 7) is 0. The molecule has 0 radical (unpaired) electrons. The second-order valence-electron chi connectivity index (χ2n) is 27.9. The van der Waals surface area contributed by atoms with Gasteiger partial charge in [-0.1, -0.05) is 255 Å². The van der Waals surface area contributed by atoms with Crippen LogP contribution in [0, 0.1) is 0 Å². The Kier molecular flexibility index (Phi) is 12.8. The first kappa shape index (κ1) is 58.0. The first-order valence-electron chi connectivity index (χ1n) is 35.9. The van der Waals surface area contributed by atoms with E-state index in [1.165, 1.54) is 208 Å². The van der Waals surface area contributed by atoms with Gasteiger partial charge in [-0.05, 0) is 219 Å². The third kappa shape index (κ3) is 8.99. The fraction of sp³-hybridized carbons (Fsp3) is 0. The average Bonchev–Trinajstić information content (AvgIpc) is 1.28. The van der Waals surface area contributed by atoms with Gasteiger partial charge in [0.1, 0.15) is 0 Å². The Morgan fingerprint density at radius 2 is 0.337 bits per heavy atom. The van der Waals surface area contributed by atoms with E-state index in [0.29, 0.717) is 0 Å². The second-order valence-corrected chi connectivity index (χ2v) is 27.9. The minimum atomic E-state index is 1.17. The maximum Gasteiger partial charge on any atom is 0.0541 e. The maximum absolute atomic E-state index is 2.43. The van der Waals surface area contributed by atoms with Crippen molar-refractivity contribution in [2.75, 3.05) is 0 Å². The molecule has 4 heterocycles. The van der Waals surface area contributed by atoms with Gasteiger partial charge in [-0.3, -0.25) is 0 Å². The fourth-order valence-electron chi connectivity index (χ4n) is 17.4. The van der Waals surface area contributed by atoms with Crippen LogP contribution in [0.2, 0.25) is 0 Å². The predicted molar refractivity (Wildman–Crippen MR) is 444 cm³/mol. The van der Waals surface area contributed by atoms with Crippen LogP contribution in [0.4, 0.5) is 0 Å². The Labute approximate surface area is 598 Å². The lowest BCUT2D eigenvalue weighted by molar-refractivity contribution is 1.18. The highest BCUT2D eigenvalue weighted by molar-refractivity contribution is 6.19. The van der Waals surface area contributed by atoms with E-state index in [9.17, 15) is 0 Å². The molecule has 0 saturated heterocycles. The Morgan fingerprint density at radius 3 is 0.712 bits per heavy atom. The van der Waals surface area contributed by atoms with E-state index in [0.717, 1.165) is 0 Å². The molecule has 0 spiro atoms. The number of hydrogen-bond acceptors (Lipinski definition) is 0. The van der Waals surface area contributed by atoms with Crippen molar-refractivity contribution in [2.45, 2.75) is 0 Å².